The van der Waals surface area contributed by atoms with Crippen LogP contribution in [-0.2, 0) is 6.54 Å². The number of nitrogens with one attached hydrogen (secondary N) is 1. The Hall–Kier alpha value is -0.310. The summed E-state index contributed by atoms with van der Waals surface area (Å²) in [6, 6.07) is 2.24. The van der Waals surface area contributed by atoms with Crippen LogP contribution >= 0.6 is 22.9 Å². The minimum atomic E-state index is 0.861. The van der Waals surface area contributed by atoms with Crippen LogP contribution < -0.4 is 5.32 Å². The standard InChI is InChI=1S/C11H16ClNS/c1-8(5-12)6-13-7-11-4-9(2)10(3)14-11/h4-5,13H,6-7H2,1-3H3. The summed E-state index contributed by atoms with van der Waals surface area (Å²) < 4.78 is 0. The van der Waals surface area contributed by atoms with Crippen molar-refractivity contribution in [3.05, 3.63) is 32.5 Å². The van der Waals surface area contributed by atoms with Gasteiger partial charge in [0.25, 0.3) is 0 Å². The molecule has 0 aromatic carbocycles. The van der Waals surface area contributed by atoms with E-state index < -0.39 is 0 Å². The third kappa shape index (κ3) is 3.45. The van der Waals surface area contributed by atoms with Crippen LogP contribution in [0.15, 0.2) is 17.2 Å². The van der Waals surface area contributed by atoms with E-state index >= 15 is 0 Å². The third-order valence-corrected chi connectivity index (χ3v) is 3.63. The lowest BCUT2D eigenvalue weighted by Crippen LogP contribution is -2.14. The van der Waals surface area contributed by atoms with Crippen LogP contribution in [0.25, 0.3) is 0 Å². The summed E-state index contributed by atoms with van der Waals surface area (Å²) in [6.45, 7) is 8.12. The Morgan fingerprint density at radius 3 is 2.79 bits per heavy atom. The molecule has 0 saturated carbocycles. The van der Waals surface area contributed by atoms with Gasteiger partial charge in [0.2, 0.25) is 0 Å². The van der Waals surface area contributed by atoms with Crippen molar-refractivity contribution in [1.82, 2.24) is 5.32 Å². The normalized spacial score (nSPS) is 12.1. The van der Waals surface area contributed by atoms with Crippen LogP contribution in [0, 0.1) is 13.8 Å². The molecule has 1 N–H and O–H groups in total. The molecule has 0 aliphatic carbocycles. The quantitative estimate of drug-likeness (QED) is 0.832. The van der Waals surface area contributed by atoms with Gasteiger partial charge in [-0.3, -0.25) is 0 Å². The van der Waals surface area contributed by atoms with Crippen molar-refractivity contribution in [2.24, 2.45) is 0 Å². The van der Waals surface area contributed by atoms with E-state index in [4.69, 9.17) is 11.6 Å². The van der Waals surface area contributed by atoms with Gasteiger partial charge < -0.3 is 5.32 Å². The molecule has 1 aromatic rings. The Balaban J connectivity index is 2.39. The Bertz CT molecular complexity index is 309. The highest BCUT2D eigenvalue weighted by molar-refractivity contribution is 7.12. The zero-order chi connectivity index (χ0) is 10.6. The first-order valence-electron chi connectivity index (χ1n) is 4.66. The second kappa shape index (κ2) is 5.54. The van der Waals surface area contributed by atoms with E-state index in [1.54, 1.807) is 5.54 Å². The van der Waals surface area contributed by atoms with Crippen LogP contribution in [0.2, 0.25) is 0 Å². The molecule has 3 heteroatoms. The smallest absolute Gasteiger partial charge is 0.0302 e. The summed E-state index contributed by atoms with van der Waals surface area (Å²) in [5.74, 6) is 0. The fraction of sp³-hybridized carbons (Fsp3) is 0.455. The lowest BCUT2D eigenvalue weighted by Gasteiger charge is -2.01. The minimum Gasteiger partial charge on any atom is -0.308 e. The molecular weight excluding hydrogens is 214 g/mol. The van der Waals surface area contributed by atoms with Crippen molar-refractivity contribution >= 4 is 22.9 Å². The predicted molar refractivity (Wildman–Crippen MR) is 65.1 cm³/mol. The first-order chi connectivity index (χ1) is 6.63. The van der Waals surface area contributed by atoms with Gasteiger partial charge in [-0.1, -0.05) is 11.6 Å². The first-order valence-corrected chi connectivity index (χ1v) is 5.91. The maximum atomic E-state index is 5.56. The average Bonchev–Trinajstić information content (AvgIpc) is 2.46. The molecule has 0 aliphatic rings. The number of aryl methyl sites for hydroxylation is 2. The zero-order valence-electron chi connectivity index (χ0n) is 8.86. The highest BCUT2D eigenvalue weighted by Gasteiger charge is 2.00. The van der Waals surface area contributed by atoms with Gasteiger partial charge in [-0.2, -0.15) is 0 Å². The van der Waals surface area contributed by atoms with Gasteiger partial charge >= 0.3 is 0 Å². The van der Waals surface area contributed by atoms with E-state index in [9.17, 15) is 0 Å². The highest BCUT2D eigenvalue weighted by atomic mass is 35.5. The summed E-state index contributed by atoms with van der Waals surface area (Å²) in [4.78, 5) is 2.80. The maximum absolute atomic E-state index is 5.56. The molecular formula is C11H16ClNS. The topological polar surface area (TPSA) is 12.0 Å². The maximum Gasteiger partial charge on any atom is 0.0302 e. The zero-order valence-corrected chi connectivity index (χ0v) is 10.4. The van der Waals surface area contributed by atoms with Gasteiger partial charge in [-0.15, -0.1) is 11.3 Å². The van der Waals surface area contributed by atoms with E-state index in [0.29, 0.717) is 0 Å². The molecule has 0 aliphatic heterocycles. The fourth-order valence-electron chi connectivity index (χ4n) is 1.16. The summed E-state index contributed by atoms with van der Waals surface area (Å²) in [5, 5.41) is 3.35. The van der Waals surface area contributed by atoms with Gasteiger partial charge in [-0.25, -0.2) is 0 Å². The number of thiophene rings is 1. The molecule has 0 saturated heterocycles. The van der Waals surface area contributed by atoms with Crippen molar-refractivity contribution in [3.8, 4) is 0 Å². The molecule has 0 fully saturated rings. The molecule has 0 amide bonds. The Labute approximate surface area is 94.8 Å². The van der Waals surface area contributed by atoms with E-state index in [1.807, 2.05) is 18.3 Å². The Morgan fingerprint density at radius 2 is 2.29 bits per heavy atom. The van der Waals surface area contributed by atoms with Gasteiger partial charge in [0.15, 0.2) is 0 Å². The molecule has 1 heterocycles. The van der Waals surface area contributed by atoms with Crippen LogP contribution in [-0.4, -0.2) is 6.54 Å². The molecule has 0 radical (unpaired) electrons. The summed E-state index contributed by atoms with van der Waals surface area (Å²) in [7, 11) is 0. The Kier molecular flexibility index (Phi) is 4.66. The van der Waals surface area contributed by atoms with E-state index in [-0.39, 0.29) is 0 Å². The molecule has 0 atom stereocenters. The summed E-state index contributed by atoms with van der Waals surface area (Å²) >= 11 is 7.42. The largest absolute Gasteiger partial charge is 0.308 e. The van der Waals surface area contributed by atoms with Crippen LogP contribution in [0.4, 0.5) is 0 Å². The minimum absolute atomic E-state index is 0.861. The molecule has 1 nitrogen and oxygen atoms in total. The van der Waals surface area contributed by atoms with Gasteiger partial charge in [0, 0.05) is 28.4 Å². The summed E-state index contributed by atoms with van der Waals surface area (Å²) in [5.41, 5.74) is 4.17. The van der Waals surface area contributed by atoms with Crippen LogP contribution in [0.1, 0.15) is 22.2 Å². The lowest BCUT2D eigenvalue weighted by molar-refractivity contribution is 0.749. The molecule has 1 rings (SSSR count). The van der Waals surface area contributed by atoms with Crippen LogP contribution in [0.3, 0.4) is 0 Å². The van der Waals surface area contributed by atoms with Crippen molar-refractivity contribution in [1.29, 1.82) is 0 Å². The average molecular weight is 230 g/mol. The number of hydrogen-bond acceptors (Lipinski definition) is 2. The second-order valence-corrected chi connectivity index (χ2v) is 5.07. The van der Waals surface area contributed by atoms with E-state index in [1.165, 1.54) is 15.3 Å². The fourth-order valence-corrected chi connectivity index (χ4v) is 2.26. The van der Waals surface area contributed by atoms with Gasteiger partial charge in [-0.05, 0) is 38.0 Å². The third-order valence-electron chi connectivity index (χ3n) is 2.11. The van der Waals surface area contributed by atoms with Gasteiger partial charge in [0.1, 0.15) is 0 Å². The molecule has 78 valence electrons. The highest BCUT2D eigenvalue weighted by Crippen LogP contribution is 2.20. The van der Waals surface area contributed by atoms with Gasteiger partial charge in [0.05, 0.1) is 0 Å². The first kappa shape index (κ1) is 11.8. The SMILES string of the molecule is CC(=CCl)CNCc1cc(C)c(C)s1. The monoisotopic (exact) mass is 229 g/mol. The van der Waals surface area contributed by atoms with Crippen molar-refractivity contribution in [2.45, 2.75) is 27.3 Å². The molecule has 1 aromatic heterocycles. The lowest BCUT2D eigenvalue weighted by atomic mass is 10.3. The molecule has 0 spiro atoms. The molecule has 0 unspecified atom stereocenters. The van der Waals surface area contributed by atoms with E-state index in [0.717, 1.165) is 18.7 Å². The van der Waals surface area contributed by atoms with E-state index in [2.05, 4.69) is 25.2 Å². The van der Waals surface area contributed by atoms with Crippen LogP contribution in [0.5, 0.6) is 0 Å². The van der Waals surface area contributed by atoms with Crippen molar-refractivity contribution < 1.29 is 0 Å². The summed E-state index contributed by atoms with van der Waals surface area (Å²) in [6.07, 6.45) is 0. The number of hydrogen-bond donors (Lipinski definition) is 1. The molecule has 0 bridgehead atoms. The molecule has 14 heavy (non-hydrogen) atoms. The predicted octanol–water partition coefficient (Wildman–Crippen LogP) is 3.60. The number of halogens is 1. The number of rotatable bonds is 4. The Morgan fingerprint density at radius 1 is 1.57 bits per heavy atom. The van der Waals surface area contributed by atoms with Crippen molar-refractivity contribution in [3.63, 3.8) is 0 Å². The second-order valence-electron chi connectivity index (χ2n) is 3.51. The van der Waals surface area contributed by atoms with Crippen molar-refractivity contribution in [2.75, 3.05) is 6.54 Å².